The molecular formula is C60H72N4+4. The van der Waals surface area contributed by atoms with Crippen LogP contribution in [-0.4, -0.2) is 0 Å². The van der Waals surface area contributed by atoms with Crippen molar-refractivity contribution in [1.82, 2.24) is 0 Å². The molecule has 4 aromatic heterocycles. The molecule has 1 atom stereocenters. The van der Waals surface area contributed by atoms with Crippen LogP contribution in [0.3, 0.4) is 0 Å². The highest BCUT2D eigenvalue weighted by atomic mass is 14.9. The largest absolute Gasteiger partial charge is 0.215 e. The molecule has 0 aliphatic heterocycles. The fourth-order valence-corrected chi connectivity index (χ4v) is 8.02. The van der Waals surface area contributed by atoms with Crippen LogP contribution in [0.25, 0.3) is 45.0 Å². The lowest BCUT2D eigenvalue weighted by Gasteiger charge is -2.11. The number of aryl methyl sites for hydroxylation is 11. The third-order valence-electron chi connectivity index (χ3n) is 11.6. The quantitative estimate of drug-likeness (QED) is 0.142. The first-order valence-corrected chi connectivity index (χ1v) is 22.1. The predicted octanol–water partition coefficient (Wildman–Crippen LogP) is 12.5. The number of nitrogens with zero attached hydrogens (tertiary/aromatic N) is 4. The molecule has 1 unspecified atom stereocenters. The van der Waals surface area contributed by atoms with Crippen LogP contribution in [0.1, 0.15) is 86.2 Å². The van der Waals surface area contributed by atoms with Crippen molar-refractivity contribution >= 4 is 0 Å². The van der Waals surface area contributed by atoms with Crippen molar-refractivity contribution in [3.8, 4) is 45.0 Å². The molecule has 0 N–H and O–H groups in total. The Balaban J connectivity index is 0.000000175. The van der Waals surface area contributed by atoms with Crippen LogP contribution >= 0.6 is 0 Å². The number of rotatable bonds is 7. The Kier molecular flexibility index (Phi) is 14.6. The van der Waals surface area contributed by atoms with E-state index in [-0.39, 0.29) is 0 Å². The second kappa shape index (κ2) is 23.2. The zero-order chi connectivity index (χ0) is 51.6. The molecule has 64 heavy (non-hydrogen) atoms. The monoisotopic (exact) mass is 855 g/mol. The van der Waals surface area contributed by atoms with Gasteiger partial charge in [-0.25, -0.2) is 18.3 Å². The Labute approximate surface area is 394 Å². The summed E-state index contributed by atoms with van der Waals surface area (Å²) in [4.78, 5) is 0. The third kappa shape index (κ3) is 12.3. The van der Waals surface area contributed by atoms with Crippen molar-refractivity contribution < 1.29 is 26.5 Å². The Bertz CT molecular complexity index is 3040. The van der Waals surface area contributed by atoms with Gasteiger partial charge in [-0.1, -0.05) is 93.9 Å². The standard InChI is InChI=1S/C16H20N.2C15H18N.C14H16N/c1-12(2)14-10-7-11-17(4)16(14)15-9-6-5-8-13(15)3;1-4-13-9-7-11-16(3)15(13)14-10-6-5-8-12(14)2;1-4-13-8-9-14(12(2)11-13)15-7-5-6-10-16(15)3;1-11-7-8-13(12(2)10-11)14-6-4-5-9-15(14)3/h5-12H,1-4H3;2*5-11H,4H2,1-3H3;4-10H,1-3H3/q4*+1/i1D3,12D;4D2;;. The first kappa shape index (κ1) is 40.3. The summed E-state index contributed by atoms with van der Waals surface area (Å²) in [5, 5.41) is 0. The van der Waals surface area contributed by atoms with Gasteiger partial charge in [0.25, 0.3) is 0 Å². The maximum atomic E-state index is 8.40. The second-order valence-electron chi connectivity index (χ2n) is 16.5. The second-order valence-corrected chi connectivity index (χ2v) is 16.5. The highest BCUT2D eigenvalue weighted by molar-refractivity contribution is 5.66. The molecule has 0 fully saturated rings. The summed E-state index contributed by atoms with van der Waals surface area (Å²) in [6.45, 7) is 13.4. The molecule has 4 aromatic carbocycles. The topological polar surface area (TPSA) is 15.5 Å². The van der Waals surface area contributed by atoms with Gasteiger partial charge in [0.05, 0.1) is 0 Å². The van der Waals surface area contributed by atoms with Crippen molar-refractivity contribution in [1.29, 1.82) is 0 Å². The lowest BCUT2D eigenvalue weighted by molar-refractivity contribution is -0.660. The fourth-order valence-electron chi connectivity index (χ4n) is 8.02. The van der Waals surface area contributed by atoms with Gasteiger partial charge in [0, 0.05) is 78.0 Å². The first-order chi connectivity index (χ1) is 33.0. The van der Waals surface area contributed by atoms with Gasteiger partial charge in [-0.05, 0) is 130 Å². The number of pyridine rings is 4. The summed E-state index contributed by atoms with van der Waals surface area (Å²) in [7, 11) is 8.00. The maximum absolute atomic E-state index is 8.40. The van der Waals surface area contributed by atoms with Gasteiger partial charge < -0.3 is 0 Å². The van der Waals surface area contributed by atoms with Crippen LogP contribution in [0.2, 0.25) is 0 Å². The van der Waals surface area contributed by atoms with Gasteiger partial charge in [-0.15, -0.1) is 0 Å². The molecule has 0 aliphatic carbocycles. The van der Waals surface area contributed by atoms with Crippen molar-refractivity contribution in [2.45, 2.75) is 80.9 Å². The summed E-state index contributed by atoms with van der Waals surface area (Å²) >= 11 is 0. The molecule has 0 amide bonds. The third-order valence-corrected chi connectivity index (χ3v) is 11.6. The molecule has 4 heterocycles. The van der Waals surface area contributed by atoms with Crippen molar-refractivity contribution in [3.05, 3.63) is 215 Å². The van der Waals surface area contributed by atoms with Crippen LogP contribution in [0, 0.1) is 34.6 Å². The number of benzene rings is 4. The van der Waals surface area contributed by atoms with E-state index in [1.807, 2.05) is 103 Å². The Morgan fingerprint density at radius 1 is 0.484 bits per heavy atom. The van der Waals surface area contributed by atoms with E-state index >= 15 is 0 Å². The lowest BCUT2D eigenvalue weighted by Crippen LogP contribution is -2.32. The predicted molar refractivity (Wildman–Crippen MR) is 269 cm³/mol. The van der Waals surface area contributed by atoms with Crippen LogP contribution in [-0.2, 0) is 41.0 Å². The van der Waals surface area contributed by atoms with E-state index in [9.17, 15) is 0 Å². The Morgan fingerprint density at radius 2 is 0.969 bits per heavy atom. The summed E-state index contributed by atoms with van der Waals surface area (Å²) in [6, 6.07) is 49.1. The van der Waals surface area contributed by atoms with Crippen LogP contribution in [0.5, 0.6) is 0 Å². The first-order valence-electron chi connectivity index (χ1n) is 25.1. The summed E-state index contributed by atoms with van der Waals surface area (Å²) in [6.07, 6.45) is 7.74. The van der Waals surface area contributed by atoms with Crippen LogP contribution in [0.4, 0.5) is 0 Å². The Morgan fingerprint density at radius 3 is 1.47 bits per heavy atom. The van der Waals surface area contributed by atoms with Gasteiger partial charge in [0.2, 0.25) is 22.8 Å². The van der Waals surface area contributed by atoms with Crippen molar-refractivity contribution in [2.75, 3.05) is 0 Å². The van der Waals surface area contributed by atoms with Gasteiger partial charge >= 0.3 is 0 Å². The molecule has 0 radical (unpaired) electrons. The average Bonchev–Trinajstić information content (AvgIpc) is 3.30. The minimum absolute atomic E-state index is 0.516. The normalized spacial score (nSPS) is 13.2. The smallest absolute Gasteiger partial charge is 0.201 e. The van der Waals surface area contributed by atoms with Crippen molar-refractivity contribution in [2.24, 2.45) is 28.2 Å². The molecule has 0 spiro atoms. The molecule has 0 saturated heterocycles. The SMILES string of the molecule is CCc1ccc(-c2cccc[n+]2C)c(C)c1.Cc1ccc(-c2cccc[n+]2C)c(C)c1.[2H]C([2H])(C)c1ccc[n+](C)c1-c1ccccc1C.[2H]C([2H])([2H])C([2H])(C)c1ccc[n+](C)c1-c1ccccc1C. The van der Waals surface area contributed by atoms with Crippen LogP contribution < -0.4 is 18.3 Å². The highest BCUT2D eigenvalue weighted by Crippen LogP contribution is 2.28. The molecule has 4 nitrogen and oxygen atoms in total. The lowest BCUT2D eigenvalue weighted by atomic mass is 9.94. The van der Waals surface area contributed by atoms with Crippen LogP contribution in [0.15, 0.2) is 170 Å². The molecule has 8 rings (SSSR count). The highest BCUT2D eigenvalue weighted by Gasteiger charge is 2.19. The van der Waals surface area contributed by atoms with E-state index in [1.165, 1.54) is 51.7 Å². The van der Waals surface area contributed by atoms with E-state index in [0.29, 0.717) is 5.56 Å². The summed E-state index contributed by atoms with van der Waals surface area (Å²) < 4.78 is 55.6. The van der Waals surface area contributed by atoms with E-state index in [2.05, 4.69) is 143 Å². The molecule has 328 valence electrons. The molecule has 4 heteroatoms. The summed E-state index contributed by atoms with van der Waals surface area (Å²) in [5.41, 5.74) is 17.8. The van der Waals surface area contributed by atoms with E-state index in [1.54, 1.807) is 19.1 Å². The molecule has 8 aromatic rings. The van der Waals surface area contributed by atoms with Gasteiger partial charge in [-0.3, -0.25) is 0 Å². The zero-order valence-electron chi connectivity index (χ0n) is 46.2. The molecule has 0 saturated carbocycles. The van der Waals surface area contributed by atoms with E-state index < -0.39 is 19.1 Å². The fraction of sp³-hybridized carbons (Fsp3) is 0.267. The number of hydrogen-bond acceptors (Lipinski definition) is 0. The number of hydrogen-bond donors (Lipinski definition) is 0. The number of aromatic nitrogens is 4. The van der Waals surface area contributed by atoms with E-state index in [0.717, 1.165) is 45.6 Å². The minimum atomic E-state index is -2.39. The minimum Gasteiger partial charge on any atom is -0.201 e. The van der Waals surface area contributed by atoms with Gasteiger partial charge in [0.15, 0.2) is 24.8 Å². The zero-order valence-corrected chi connectivity index (χ0v) is 40.2. The molecule has 0 aliphatic rings. The van der Waals surface area contributed by atoms with E-state index in [4.69, 9.17) is 8.22 Å². The molecule has 0 bridgehead atoms. The maximum Gasteiger partial charge on any atom is 0.215 e. The summed E-state index contributed by atoms with van der Waals surface area (Å²) in [5.74, 6) is -1.66. The molecular weight excluding hydrogens is 777 g/mol. The average molecular weight is 855 g/mol. The van der Waals surface area contributed by atoms with Gasteiger partial charge in [0.1, 0.15) is 28.2 Å². The Hall–Kier alpha value is -6.52. The van der Waals surface area contributed by atoms with Gasteiger partial charge in [-0.2, -0.15) is 0 Å². The van der Waals surface area contributed by atoms with Crippen molar-refractivity contribution in [3.63, 3.8) is 0 Å².